The van der Waals surface area contributed by atoms with E-state index in [1.54, 1.807) is 11.8 Å². The molecule has 0 fully saturated rings. The Morgan fingerprint density at radius 2 is 1.50 bits per heavy atom. The smallest absolute Gasteiger partial charge is 0.225 e. The first-order valence-corrected chi connectivity index (χ1v) is 12.5. The molecular formula is C26H24IN3OS. The second-order valence-corrected chi connectivity index (χ2v) is 9.98. The number of imidazole rings is 1. The highest BCUT2D eigenvalue weighted by Crippen LogP contribution is 2.33. The second kappa shape index (κ2) is 10.4. The Morgan fingerprint density at radius 1 is 0.906 bits per heavy atom. The lowest BCUT2D eigenvalue weighted by atomic mass is 10.0. The van der Waals surface area contributed by atoms with Crippen molar-refractivity contribution in [1.82, 2.24) is 9.97 Å². The van der Waals surface area contributed by atoms with E-state index in [0.717, 1.165) is 36.9 Å². The molecule has 0 atom stereocenters. The van der Waals surface area contributed by atoms with E-state index < -0.39 is 0 Å². The molecule has 2 N–H and O–H groups in total. The summed E-state index contributed by atoms with van der Waals surface area (Å²) in [5, 5.41) is 3.77. The number of hydrogen-bond donors (Lipinski definition) is 2. The van der Waals surface area contributed by atoms with Crippen LogP contribution in [0, 0.1) is 17.4 Å². The number of H-pyrrole nitrogens is 1. The predicted molar refractivity (Wildman–Crippen MR) is 142 cm³/mol. The van der Waals surface area contributed by atoms with Crippen LogP contribution in [0.5, 0.6) is 0 Å². The molecule has 0 spiro atoms. The van der Waals surface area contributed by atoms with E-state index in [1.165, 1.54) is 11.1 Å². The average molecular weight is 553 g/mol. The molecule has 4 nitrogen and oxygen atoms in total. The second-order valence-electron chi connectivity index (χ2n) is 7.65. The number of rotatable bonds is 7. The highest BCUT2D eigenvalue weighted by molar-refractivity contribution is 14.1. The minimum absolute atomic E-state index is 0.00257. The molecule has 0 aliphatic heterocycles. The minimum atomic E-state index is 0.00257. The Hall–Kier alpha value is -2.58. The summed E-state index contributed by atoms with van der Waals surface area (Å²) in [5.74, 6) is 0.646. The van der Waals surface area contributed by atoms with Gasteiger partial charge in [0.05, 0.1) is 11.4 Å². The Kier molecular flexibility index (Phi) is 7.32. The van der Waals surface area contributed by atoms with E-state index >= 15 is 0 Å². The van der Waals surface area contributed by atoms with Crippen LogP contribution in [-0.2, 0) is 4.79 Å². The van der Waals surface area contributed by atoms with Crippen molar-refractivity contribution in [2.45, 2.75) is 25.4 Å². The molecule has 0 saturated carbocycles. The summed E-state index contributed by atoms with van der Waals surface area (Å²) >= 11 is 3.81. The van der Waals surface area contributed by atoms with E-state index in [4.69, 9.17) is 4.98 Å². The normalized spacial score (nSPS) is 10.8. The topological polar surface area (TPSA) is 57.8 Å². The fourth-order valence-electron chi connectivity index (χ4n) is 3.27. The number of anilines is 1. The molecule has 4 aromatic rings. The van der Waals surface area contributed by atoms with Crippen molar-refractivity contribution in [3.05, 3.63) is 87.5 Å². The van der Waals surface area contributed by atoms with Crippen molar-refractivity contribution in [2.75, 3.05) is 11.1 Å². The van der Waals surface area contributed by atoms with Crippen LogP contribution in [0.25, 0.3) is 22.5 Å². The molecule has 0 unspecified atom stereocenters. The first kappa shape index (κ1) is 22.6. The maximum Gasteiger partial charge on any atom is 0.225 e. The molecule has 162 valence electrons. The summed E-state index contributed by atoms with van der Waals surface area (Å²) in [6.07, 6.45) is 0.414. The first-order valence-electron chi connectivity index (χ1n) is 10.4. The molecule has 6 heteroatoms. The van der Waals surface area contributed by atoms with Gasteiger partial charge in [0.15, 0.2) is 5.16 Å². The zero-order chi connectivity index (χ0) is 22.5. The molecule has 3 aromatic carbocycles. The summed E-state index contributed by atoms with van der Waals surface area (Å²) in [7, 11) is 0. The van der Waals surface area contributed by atoms with Crippen molar-refractivity contribution in [1.29, 1.82) is 0 Å². The van der Waals surface area contributed by atoms with Gasteiger partial charge in [0.1, 0.15) is 0 Å². The zero-order valence-electron chi connectivity index (χ0n) is 18.0. The monoisotopic (exact) mass is 553 g/mol. The van der Waals surface area contributed by atoms with E-state index in [2.05, 4.69) is 95.3 Å². The Bertz CT molecular complexity index is 1140. The highest BCUT2D eigenvalue weighted by Gasteiger charge is 2.15. The van der Waals surface area contributed by atoms with Crippen LogP contribution in [0.1, 0.15) is 17.5 Å². The lowest BCUT2D eigenvalue weighted by Gasteiger charge is -2.04. The van der Waals surface area contributed by atoms with Crippen molar-refractivity contribution in [2.24, 2.45) is 0 Å². The number of nitrogens with zero attached hydrogens (tertiary/aromatic N) is 1. The maximum absolute atomic E-state index is 12.3. The number of aromatic nitrogens is 2. The van der Waals surface area contributed by atoms with Crippen LogP contribution >= 0.6 is 34.4 Å². The molecule has 0 aliphatic rings. The van der Waals surface area contributed by atoms with Crippen LogP contribution in [0.2, 0.25) is 0 Å². The molecule has 0 bridgehead atoms. The number of aryl methyl sites for hydroxylation is 2. The third-order valence-electron chi connectivity index (χ3n) is 5.04. The maximum atomic E-state index is 12.3. The van der Waals surface area contributed by atoms with Gasteiger partial charge in [-0.1, -0.05) is 71.4 Å². The fraction of sp³-hybridized carbons (Fsp3) is 0.154. The molecule has 0 aliphatic carbocycles. The fourth-order valence-corrected chi connectivity index (χ4v) is 4.44. The first-order chi connectivity index (χ1) is 15.5. The van der Waals surface area contributed by atoms with Gasteiger partial charge in [0.2, 0.25) is 5.91 Å². The Labute approximate surface area is 206 Å². The van der Waals surface area contributed by atoms with Gasteiger partial charge in [0.25, 0.3) is 0 Å². The Morgan fingerprint density at radius 3 is 2.12 bits per heavy atom. The van der Waals surface area contributed by atoms with Crippen LogP contribution in [0.15, 0.2) is 78.0 Å². The Balaban J connectivity index is 1.48. The number of amides is 1. The van der Waals surface area contributed by atoms with Gasteiger partial charge < -0.3 is 10.3 Å². The summed E-state index contributed by atoms with van der Waals surface area (Å²) < 4.78 is 1.14. The number of hydrogen-bond acceptors (Lipinski definition) is 3. The van der Waals surface area contributed by atoms with E-state index in [1.807, 2.05) is 24.3 Å². The SMILES string of the molecule is Cc1ccc(-c2nc(SCCC(=O)Nc3ccc(I)cc3)[nH]c2-c2ccc(C)cc2)cc1. The van der Waals surface area contributed by atoms with E-state index in [9.17, 15) is 4.79 Å². The zero-order valence-corrected chi connectivity index (χ0v) is 21.0. The predicted octanol–water partition coefficient (Wildman–Crippen LogP) is 7.09. The van der Waals surface area contributed by atoms with E-state index in [0.29, 0.717) is 12.2 Å². The molecule has 1 aromatic heterocycles. The summed E-state index contributed by atoms with van der Waals surface area (Å²) in [5.41, 5.74) is 7.36. The highest BCUT2D eigenvalue weighted by atomic mass is 127. The lowest BCUT2D eigenvalue weighted by Crippen LogP contribution is -2.12. The number of aromatic amines is 1. The van der Waals surface area contributed by atoms with Crippen LogP contribution < -0.4 is 5.32 Å². The number of carbonyl (C=O) groups is 1. The number of halogens is 1. The van der Waals surface area contributed by atoms with Crippen molar-refractivity contribution < 1.29 is 4.79 Å². The van der Waals surface area contributed by atoms with Crippen molar-refractivity contribution >= 4 is 45.9 Å². The summed E-state index contributed by atoms with van der Waals surface area (Å²) in [6, 6.07) is 24.6. The molecule has 4 rings (SSSR count). The molecule has 1 amide bonds. The number of nitrogens with one attached hydrogen (secondary N) is 2. The summed E-state index contributed by atoms with van der Waals surface area (Å²) in [6.45, 7) is 4.16. The quantitative estimate of drug-likeness (QED) is 0.190. The lowest BCUT2D eigenvalue weighted by molar-refractivity contribution is -0.115. The average Bonchev–Trinajstić information content (AvgIpc) is 3.20. The van der Waals surface area contributed by atoms with Crippen molar-refractivity contribution in [3.8, 4) is 22.5 Å². The minimum Gasteiger partial charge on any atom is -0.332 e. The standard InChI is InChI=1S/C26H24IN3OS/c1-17-3-7-19(8-4-17)24-25(20-9-5-18(2)6-10-20)30-26(29-24)32-16-15-23(31)28-22-13-11-21(27)12-14-22/h3-14H,15-16H2,1-2H3,(H,28,31)(H,29,30). The van der Waals surface area contributed by atoms with Gasteiger partial charge in [-0.05, 0) is 60.7 Å². The largest absolute Gasteiger partial charge is 0.332 e. The molecule has 32 heavy (non-hydrogen) atoms. The van der Waals surface area contributed by atoms with Crippen LogP contribution in [0.4, 0.5) is 5.69 Å². The summed E-state index contributed by atoms with van der Waals surface area (Å²) in [4.78, 5) is 20.7. The third kappa shape index (κ3) is 5.81. The molecule has 0 radical (unpaired) electrons. The molecule has 0 saturated heterocycles. The van der Waals surface area contributed by atoms with Crippen LogP contribution in [0.3, 0.4) is 0 Å². The number of carbonyl (C=O) groups excluding carboxylic acids is 1. The van der Waals surface area contributed by atoms with Crippen LogP contribution in [-0.4, -0.2) is 21.6 Å². The van der Waals surface area contributed by atoms with Gasteiger partial charge in [0, 0.05) is 32.6 Å². The molecular weight excluding hydrogens is 529 g/mol. The van der Waals surface area contributed by atoms with Gasteiger partial charge >= 0.3 is 0 Å². The van der Waals surface area contributed by atoms with Gasteiger partial charge in [-0.2, -0.15) is 0 Å². The number of benzene rings is 3. The van der Waals surface area contributed by atoms with Gasteiger partial charge in [-0.25, -0.2) is 4.98 Å². The van der Waals surface area contributed by atoms with Crippen molar-refractivity contribution in [3.63, 3.8) is 0 Å². The number of thioether (sulfide) groups is 1. The van der Waals surface area contributed by atoms with Gasteiger partial charge in [-0.15, -0.1) is 0 Å². The molecule has 1 heterocycles. The van der Waals surface area contributed by atoms with E-state index in [-0.39, 0.29) is 5.91 Å². The van der Waals surface area contributed by atoms with Gasteiger partial charge in [-0.3, -0.25) is 4.79 Å². The third-order valence-corrected chi connectivity index (χ3v) is 6.64.